The van der Waals surface area contributed by atoms with Gasteiger partial charge in [0.25, 0.3) is 6.71 Å². The lowest BCUT2D eigenvalue weighted by Gasteiger charge is -2.51. The van der Waals surface area contributed by atoms with Crippen LogP contribution in [0.15, 0.2) is 120 Å². The number of hydrogen-bond donors (Lipinski definition) is 0. The highest BCUT2D eigenvalue weighted by molar-refractivity contribution is 7.00. The molecule has 0 N–H and O–H groups in total. The second-order valence-corrected chi connectivity index (χ2v) is 12.9. The maximum atomic E-state index is 15.6. The number of para-hydroxylation sites is 4. The van der Waals surface area contributed by atoms with Gasteiger partial charge in [0.15, 0.2) is 11.5 Å². The summed E-state index contributed by atoms with van der Waals surface area (Å²) in [5, 5.41) is 0. The maximum Gasteiger partial charge on any atom is 0.252 e. The zero-order chi connectivity index (χ0) is 29.3. The van der Waals surface area contributed by atoms with E-state index in [1.807, 2.05) is 24.3 Å². The average Bonchev–Trinajstić information content (AvgIpc) is 3.05. The summed E-state index contributed by atoms with van der Waals surface area (Å²) in [7, 11) is 0. The second-order valence-electron chi connectivity index (χ2n) is 12.9. The van der Waals surface area contributed by atoms with Gasteiger partial charge in [-0.3, -0.25) is 0 Å². The first kappa shape index (κ1) is 24.4. The third-order valence-corrected chi connectivity index (χ3v) is 10.3. The molecule has 0 saturated heterocycles. The van der Waals surface area contributed by atoms with Crippen molar-refractivity contribution in [3.8, 4) is 22.6 Å². The molecule has 0 atom stereocenters. The third kappa shape index (κ3) is 2.92. The molecule has 4 heterocycles. The molecule has 0 amide bonds. The van der Waals surface area contributed by atoms with Crippen molar-refractivity contribution in [1.29, 1.82) is 0 Å². The van der Waals surface area contributed by atoms with Crippen LogP contribution < -0.4 is 30.9 Å². The summed E-state index contributed by atoms with van der Waals surface area (Å²) >= 11 is 0. The summed E-state index contributed by atoms with van der Waals surface area (Å²) in [6.45, 7) is 4.73. The number of rotatable bonds is 1. The summed E-state index contributed by atoms with van der Waals surface area (Å²) in [5.41, 5.74) is 14.8. The first-order valence-electron chi connectivity index (χ1n) is 15.5. The topological polar surface area (TPSA) is 15.7 Å². The molecule has 210 valence electrons. The van der Waals surface area contributed by atoms with E-state index in [-0.39, 0.29) is 17.9 Å². The molecule has 10 rings (SSSR count). The molecule has 0 spiro atoms. The lowest BCUT2D eigenvalue weighted by molar-refractivity contribution is 0.477. The number of benzene rings is 5. The molecular weight excluding hydrogens is 542 g/mol. The quantitative estimate of drug-likeness (QED) is 0.185. The Morgan fingerprint density at radius 1 is 0.750 bits per heavy atom. The molecule has 3 nitrogen and oxygen atoms in total. The van der Waals surface area contributed by atoms with Crippen LogP contribution >= 0.6 is 0 Å². The van der Waals surface area contributed by atoms with Gasteiger partial charge in [0.1, 0.15) is 5.82 Å². The molecule has 44 heavy (non-hydrogen) atoms. The highest BCUT2D eigenvalue weighted by atomic mass is 19.1. The van der Waals surface area contributed by atoms with Crippen LogP contribution in [0.4, 0.5) is 32.8 Å². The van der Waals surface area contributed by atoms with Crippen LogP contribution in [-0.2, 0) is 5.41 Å². The van der Waals surface area contributed by atoms with Crippen molar-refractivity contribution in [2.75, 3.05) is 9.80 Å². The molecule has 0 fully saturated rings. The van der Waals surface area contributed by atoms with Crippen LogP contribution in [0.25, 0.3) is 11.1 Å². The van der Waals surface area contributed by atoms with E-state index in [1.165, 1.54) is 38.9 Å². The number of hydrogen-bond acceptors (Lipinski definition) is 3. The predicted molar refractivity (Wildman–Crippen MR) is 178 cm³/mol. The number of halogens is 1. The number of anilines is 5. The zero-order valence-corrected chi connectivity index (χ0v) is 24.6. The summed E-state index contributed by atoms with van der Waals surface area (Å²) in [5.74, 6) is 1.45. The Bertz CT molecular complexity index is 2180. The van der Waals surface area contributed by atoms with E-state index >= 15 is 4.39 Å². The van der Waals surface area contributed by atoms with Crippen LogP contribution in [0.3, 0.4) is 0 Å². The van der Waals surface area contributed by atoms with Crippen molar-refractivity contribution in [2.45, 2.75) is 32.1 Å². The fourth-order valence-corrected chi connectivity index (χ4v) is 8.48. The van der Waals surface area contributed by atoms with E-state index in [0.717, 1.165) is 52.7 Å². The minimum atomic E-state index is -0.215. The van der Waals surface area contributed by atoms with Gasteiger partial charge in [-0.05, 0) is 82.3 Å². The maximum absolute atomic E-state index is 15.6. The van der Waals surface area contributed by atoms with Gasteiger partial charge in [-0.25, -0.2) is 4.39 Å². The van der Waals surface area contributed by atoms with Gasteiger partial charge in [0, 0.05) is 33.7 Å². The standard InChI is InChI=1S/C39H28BFN2O/c1-39(2)25-12-4-6-17-30(25)42-32-21-23(24-11-3-5-16-29(24)41)22-33-36(32)40(27-14-9-13-26(39)37(27)42)28-15-10-20-35-38(28)43(33)31-18-7-8-19-34(31)44-35/h3-5,7-16,18-22H,6,17H2,1-2H3. The predicted octanol–water partition coefficient (Wildman–Crippen LogP) is 8.24. The van der Waals surface area contributed by atoms with E-state index in [9.17, 15) is 0 Å². The SMILES string of the molecule is CC1(C)C2=C(CCC=C2)N2c3cc(-c4ccccc4F)cc4c3B(c3cccc1c32)c1cccc2c1N4c1ccccc1O2. The van der Waals surface area contributed by atoms with Gasteiger partial charge in [-0.2, -0.15) is 0 Å². The molecule has 5 aromatic carbocycles. The minimum absolute atomic E-state index is 0.0121. The van der Waals surface area contributed by atoms with Gasteiger partial charge in [-0.15, -0.1) is 0 Å². The van der Waals surface area contributed by atoms with Crippen molar-refractivity contribution in [1.82, 2.24) is 0 Å². The van der Waals surface area contributed by atoms with E-state index in [2.05, 4.69) is 96.5 Å². The summed E-state index contributed by atoms with van der Waals surface area (Å²) in [6.07, 6.45) is 6.63. The van der Waals surface area contributed by atoms with Crippen molar-refractivity contribution in [3.05, 3.63) is 132 Å². The molecule has 0 bridgehead atoms. The van der Waals surface area contributed by atoms with Crippen molar-refractivity contribution in [3.63, 3.8) is 0 Å². The second kappa shape index (κ2) is 8.32. The summed E-state index contributed by atoms with van der Waals surface area (Å²) < 4.78 is 22.1. The molecular formula is C39H28BFN2O. The van der Waals surface area contributed by atoms with Gasteiger partial charge < -0.3 is 14.5 Å². The molecule has 0 radical (unpaired) electrons. The molecule has 0 aromatic heterocycles. The highest BCUT2D eigenvalue weighted by Crippen LogP contribution is 2.56. The lowest BCUT2D eigenvalue weighted by atomic mass is 9.33. The third-order valence-electron chi connectivity index (χ3n) is 10.3. The normalized spacial score (nSPS) is 17.3. The largest absolute Gasteiger partial charge is 0.453 e. The lowest BCUT2D eigenvalue weighted by Crippen LogP contribution is -2.63. The first-order valence-corrected chi connectivity index (χ1v) is 15.5. The Morgan fingerprint density at radius 2 is 1.48 bits per heavy atom. The molecule has 5 aromatic rings. The Morgan fingerprint density at radius 3 is 2.34 bits per heavy atom. The van der Waals surface area contributed by atoms with Crippen LogP contribution in [0.2, 0.25) is 0 Å². The average molecular weight is 570 g/mol. The highest BCUT2D eigenvalue weighted by Gasteiger charge is 2.50. The Balaban J connectivity index is 1.38. The monoisotopic (exact) mass is 570 g/mol. The Labute approximate surface area is 256 Å². The zero-order valence-electron chi connectivity index (χ0n) is 24.6. The van der Waals surface area contributed by atoms with E-state index in [1.54, 1.807) is 12.1 Å². The first-order chi connectivity index (χ1) is 21.5. The Hall–Kier alpha value is -5.03. The molecule has 0 unspecified atom stereocenters. The van der Waals surface area contributed by atoms with Crippen molar-refractivity contribution >= 4 is 51.5 Å². The van der Waals surface area contributed by atoms with Crippen LogP contribution in [0.1, 0.15) is 32.3 Å². The van der Waals surface area contributed by atoms with Crippen LogP contribution in [-0.4, -0.2) is 6.71 Å². The van der Waals surface area contributed by atoms with Gasteiger partial charge in [0.05, 0.1) is 11.4 Å². The van der Waals surface area contributed by atoms with Gasteiger partial charge in [-0.1, -0.05) is 86.7 Å². The van der Waals surface area contributed by atoms with E-state index < -0.39 is 0 Å². The molecule has 5 heteroatoms. The fraction of sp³-hybridized carbons (Fsp3) is 0.128. The van der Waals surface area contributed by atoms with E-state index in [4.69, 9.17) is 4.74 Å². The van der Waals surface area contributed by atoms with Crippen molar-refractivity contribution in [2.24, 2.45) is 0 Å². The molecule has 4 aliphatic heterocycles. The molecule has 0 saturated carbocycles. The van der Waals surface area contributed by atoms with E-state index in [0.29, 0.717) is 5.56 Å². The number of ether oxygens (including phenoxy) is 1. The van der Waals surface area contributed by atoms with Gasteiger partial charge >= 0.3 is 0 Å². The number of allylic oxidation sites excluding steroid dienone is 4. The fourth-order valence-electron chi connectivity index (χ4n) is 8.48. The number of nitrogens with zero attached hydrogens (tertiary/aromatic N) is 2. The number of fused-ring (bicyclic) bond motifs is 7. The molecule has 1 aliphatic carbocycles. The van der Waals surface area contributed by atoms with Gasteiger partial charge in [0.2, 0.25) is 0 Å². The Kier molecular flexibility index (Phi) is 4.62. The van der Waals surface area contributed by atoms with Crippen LogP contribution in [0.5, 0.6) is 11.5 Å². The summed E-state index contributed by atoms with van der Waals surface area (Å²) in [6, 6.07) is 33.1. The summed E-state index contributed by atoms with van der Waals surface area (Å²) in [4.78, 5) is 4.90. The smallest absolute Gasteiger partial charge is 0.252 e. The minimum Gasteiger partial charge on any atom is -0.453 e. The van der Waals surface area contributed by atoms with Crippen molar-refractivity contribution < 1.29 is 9.13 Å². The van der Waals surface area contributed by atoms with Crippen LogP contribution in [0, 0.1) is 5.82 Å². The molecule has 5 aliphatic rings.